The summed E-state index contributed by atoms with van der Waals surface area (Å²) in [6.07, 6.45) is 2.30. The number of benzene rings is 2. The van der Waals surface area contributed by atoms with Gasteiger partial charge in [-0.25, -0.2) is 9.89 Å². The number of carbonyl (C=O) groups is 2. The minimum Gasteiger partial charge on any atom is -0.355 e. The van der Waals surface area contributed by atoms with Crippen molar-refractivity contribution < 1.29 is 9.59 Å². The van der Waals surface area contributed by atoms with E-state index in [2.05, 4.69) is 15.3 Å². The quantitative estimate of drug-likeness (QED) is 0.681. The summed E-state index contributed by atoms with van der Waals surface area (Å²) in [5.74, 6) is 0.646. The monoisotopic (exact) mass is 454 g/mol. The topological polar surface area (TPSA) is 74.1 Å². The van der Waals surface area contributed by atoms with Gasteiger partial charge in [-0.05, 0) is 42.7 Å². The van der Waals surface area contributed by atoms with E-state index in [1.807, 2.05) is 55.5 Å². The van der Waals surface area contributed by atoms with Gasteiger partial charge < -0.3 is 5.32 Å². The Balaban J connectivity index is 1.40. The molecule has 0 saturated heterocycles. The predicted octanol–water partition coefficient (Wildman–Crippen LogP) is 4.19. The molecule has 4 rings (SSSR count). The zero-order valence-corrected chi connectivity index (χ0v) is 18.7. The van der Waals surface area contributed by atoms with Gasteiger partial charge in [0.1, 0.15) is 11.9 Å². The number of para-hydroxylation sites is 1. The van der Waals surface area contributed by atoms with E-state index >= 15 is 0 Å². The van der Waals surface area contributed by atoms with E-state index in [4.69, 9.17) is 11.6 Å². The van der Waals surface area contributed by atoms with Gasteiger partial charge in [-0.3, -0.25) is 14.6 Å². The molecule has 2 heterocycles. The molecule has 1 unspecified atom stereocenters. The summed E-state index contributed by atoms with van der Waals surface area (Å²) in [5.41, 5.74) is 2.73. The Morgan fingerprint density at radius 2 is 1.97 bits per heavy atom. The number of fused-ring (bicyclic) bond motifs is 3. The van der Waals surface area contributed by atoms with Crippen molar-refractivity contribution in [3.8, 4) is 0 Å². The molecule has 0 spiro atoms. The fourth-order valence-electron chi connectivity index (χ4n) is 3.54. The molecule has 2 aromatic carbocycles. The highest BCUT2D eigenvalue weighted by atomic mass is 35.5. The summed E-state index contributed by atoms with van der Waals surface area (Å²) in [4.78, 5) is 36.2. The zero-order valence-electron chi connectivity index (χ0n) is 17.2. The summed E-state index contributed by atoms with van der Waals surface area (Å²) < 4.78 is 0. The van der Waals surface area contributed by atoms with E-state index in [1.165, 1.54) is 11.8 Å². The molecule has 2 amide bonds. The SMILES string of the molecule is CCCC1N=C2c3ccccc3N=C(SCC(=O)NCCc3ccc(Cl)cc3)N2C1=O. The van der Waals surface area contributed by atoms with Crippen LogP contribution in [0.4, 0.5) is 5.69 Å². The number of hydrogen-bond acceptors (Lipinski definition) is 5. The highest BCUT2D eigenvalue weighted by molar-refractivity contribution is 8.14. The van der Waals surface area contributed by atoms with Gasteiger partial charge in [-0.2, -0.15) is 0 Å². The third kappa shape index (κ3) is 4.83. The lowest BCUT2D eigenvalue weighted by molar-refractivity contribution is -0.124. The molecule has 8 heteroatoms. The lowest BCUT2D eigenvalue weighted by Crippen LogP contribution is -2.41. The van der Waals surface area contributed by atoms with Crippen LogP contribution in [0.3, 0.4) is 0 Å². The number of hydrogen-bond donors (Lipinski definition) is 1. The van der Waals surface area contributed by atoms with Crippen molar-refractivity contribution in [1.29, 1.82) is 0 Å². The Kier molecular flexibility index (Phi) is 6.73. The minimum atomic E-state index is -0.384. The van der Waals surface area contributed by atoms with Crippen molar-refractivity contribution in [2.45, 2.75) is 32.2 Å². The predicted molar refractivity (Wildman–Crippen MR) is 126 cm³/mol. The maximum absolute atomic E-state index is 13.0. The maximum Gasteiger partial charge on any atom is 0.259 e. The Bertz CT molecular complexity index is 1050. The standard InChI is InChI=1S/C23H23ClN4O2S/c1-2-5-19-22(30)28-21(26-19)17-6-3-4-7-18(17)27-23(28)31-14-20(29)25-13-12-15-8-10-16(24)11-9-15/h3-4,6-11,19H,2,5,12-14H2,1H3,(H,25,29). The van der Waals surface area contributed by atoms with Crippen LogP contribution in [-0.4, -0.2) is 46.1 Å². The number of amides is 2. The molecular formula is C23H23ClN4O2S. The van der Waals surface area contributed by atoms with Crippen LogP contribution in [0.15, 0.2) is 58.5 Å². The van der Waals surface area contributed by atoms with Crippen molar-refractivity contribution in [2.24, 2.45) is 9.98 Å². The van der Waals surface area contributed by atoms with Crippen LogP contribution in [0.5, 0.6) is 0 Å². The molecule has 0 radical (unpaired) electrons. The Morgan fingerprint density at radius 3 is 2.74 bits per heavy atom. The first-order valence-corrected chi connectivity index (χ1v) is 11.7. The summed E-state index contributed by atoms with van der Waals surface area (Å²) in [5, 5.41) is 4.13. The second-order valence-corrected chi connectivity index (χ2v) is 8.74. The number of nitrogens with zero attached hydrogens (tertiary/aromatic N) is 3. The first-order valence-electron chi connectivity index (χ1n) is 10.3. The Morgan fingerprint density at radius 1 is 1.19 bits per heavy atom. The van der Waals surface area contributed by atoms with E-state index in [9.17, 15) is 9.59 Å². The van der Waals surface area contributed by atoms with Crippen molar-refractivity contribution in [1.82, 2.24) is 10.2 Å². The fraction of sp³-hybridized carbons (Fsp3) is 0.304. The van der Waals surface area contributed by atoms with E-state index in [1.54, 1.807) is 4.90 Å². The smallest absolute Gasteiger partial charge is 0.259 e. The molecule has 0 aliphatic carbocycles. The second-order valence-electron chi connectivity index (χ2n) is 7.36. The van der Waals surface area contributed by atoms with E-state index in [0.717, 1.165) is 29.7 Å². The molecule has 2 aliphatic heterocycles. The van der Waals surface area contributed by atoms with Crippen LogP contribution < -0.4 is 5.32 Å². The number of thioether (sulfide) groups is 1. The highest BCUT2D eigenvalue weighted by Gasteiger charge is 2.40. The average molecular weight is 455 g/mol. The zero-order chi connectivity index (χ0) is 21.8. The molecule has 0 aromatic heterocycles. The van der Waals surface area contributed by atoms with Crippen molar-refractivity contribution in [2.75, 3.05) is 12.3 Å². The maximum atomic E-state index is 13.0. The largest absolute Gasteiger partial charge is 0.355 e. The van der Waals surface area contributed by atoms with E-state index < -0.39 is 0 Å². The van der Waals surface area contributed by atoms with Gasteiger partial charge in [0, 0.05) is 17.1 Å². The second kappa shape index (κ2) is 9.66. The van der Waals surface area contributed by atoms with Gasteiger partial charge in [-0.15, -0.1) is 0 Å². The molecule has 0 fully saturated rings. The van der Waals surface area contributed by atoms with E-state index in [-0.39, 0.29) is 23.6 Å². The van der Waals surface area contributed by atoms with Gasteiger partial charge >= 0.3 is 0 Å². The fourth-order valence-corrected chi connectivity index (χ4v) is 4.50. The summed E-state index contributed by atoms with van der Waals surface area (Å²) in [6.45, 7) is 2.57. The number of nitrogens with one attached hydrogen (secondary N) is 1. The molecule has 2 aliphatic rings. The summed E-state index contributed by atoms with van der Waals surface area (Å²) in [7, 11) is 0. The van der Waals surface area contributed by atoms with Crippen LogP contribution in [0.1, 0.15) is 30.9 Å². The van der Waals surface area contributed by atoms with Crippen LogP contribution >= 0.6 is 23.4 Å². The van der Waals surface area contributed by atoms with E-state index in [0.29, 0.717) is 29.0 Å². The Labute approximate surface area is 190 Å². The first-order chi connectivity index (χ1) is 15.1. The number of amidine groups is 2. The van der Waals surface area contributed by atoms with Crippen molar-refractivity contribution in [3.63, 3.8) is 0 Å². The molecule has 160 valence electrons. The van der Waals surface area contributed by atoms with Crippen molar-refractivity contribution in [3.05, 3.63) is 64.7 Å². The first kappa shape index (κ1) is 21.6. The molecule has 0 saturated carbocycles. The number of rotatable bonds is 7. The molecular weight excluding hydrogens is 432 g/mol. The molecule has 1 atom stereocenters. The molecule has 31 heavy (non-hydrogen) atoms. The van der Waals surface area contributed by atoms with Crippen LogP contribution in [-0.2, 0) is 16.0 Å². The highest BCUT2D eigenvalue weighted by Crippen LogP contribution is 2.34. The van der Waals surface area contributed by atoms with Crippen molar-refractivity contribution >= 4 is 51.9 Å². The van der Waals surface area contributed by atoms with Crippen LogP contribution in [0, 0.1) is 0 Å². The van der Waals surface area contributed by atoms with Gasteiger partial charge in [0.05, 0.1) is 11.4 Å². The van der Waals surface area contributed by atoms with Gasteiger partial charge in [0.15, 0.2) is 5.17 Å². The Hall–Kier alpha value is -2.64. The number of aliphatic imine (C=N–C) groups is 2. The summed E-state index contributed by atoms with van der Waals surface area (Å²) in [6, 6.07) is 14.8. The number of carbonyl (C=O) groups excluding carboxylic acids is 2. The number of halogens is 1. The lowest BCUT2D eigenvalue weighted by Gasteiger charge is -2.25. The average Bonchev–Trinajstić information content (AvgIpc) is 3.10. The van der Waals surface area contributed by atoms with Gasteiger partial charge in [-0.1, -0.05) is 61.0 Å². The van der Waals surface area contributed by atoms with Crippen LogP contribution in [0.25, 0.3) is 0 Å². The third-order valence-electron chi connectivity index (χ3n) is 5.09. The van der Waals surface area contributed by atoms with Gasteiger partial charge in [0.2, 0.25) is 5.91 Å². The molecule has 0 bridgehead atoms. The molecule has 2 aromatic rings. The molecule has 6 nitrogen and oxygen atoms in total. The third-order valence-corrected chi connectivity index (χ3v) is 6.28. The minimum absolute atomic E-state index is 0.0688. The normalized spacial score (nSPS) is 17.0. The van der Waals surface area contributed by atoms with Gasteiger partial charge in [0.25, 0.3) is 5.91 Å². The summed E-state index contributed by atoms with van der Waals surface area (Å²) >= 11 is 7.16. The van der Waals surface area contributed by atoms with Crippen LogP contribution in [0.2, 0.25) is 5.02 Å². The molecule has 1 N–H and O–H groups in total. The lowest BCUT2D eigenvalue weighted by atomic mass is 10.1.